The number of aromatic amines is 1. The van der Waals surface area contributed by atoms with E-state index in [1.807, 2.05) is 0 Å². The molecule has 1 aromatic rings. The number of fused-ring (bicyclic) bond motifs is 1. The molecule has 0 saturated heterocycles. The van der Waals surface area contributed by atoms with Gasteiger partial charge in [0.1, 0.15) is 0 Å². The molecule has 2 unspecified atom stereocenters. The molecule has 0 amide bonds. The fourth-order valence-corrected chi connectivity index (χ4v) is 6.82. The van der Waals surface area contributed by atoms with E-state index in [4.69, 9.17) is 0 Å². The van der Waals surface area contributed by atoms with Crippen molar-refractivity contribution < 1.29 is 44.0 Å². The second kappa shape index (κ2) is 6.04. The number of hydrogen-bond donors (Lipinski definition) is 1. The van der Waals surface area contributed by atoms with Gasteiger partial charge < -0.3 is 24.8 Å². The molecule has 1 fully saturated rings. The van der Waals surface area contributed by atoms with Gasteiger partial charge in [0.25, 0.3) is 0 Å². The molecular formula is C16H21Cl2NTi. The first-order valence-corrected chi connectivity index (χ1v) is 8.35. The average Bonchev–Trinajstić information content (AvgIpc) is 2.80. The zero-order valence-electron chi connectivity index (χ0n) is 12.7. The van der Waals surface area contributed by atoms with Crippen LogP contribution in [0.5, 0.6) is 0 Å². The van der Waals surface area contributed by atoms with Gasteiger partial charge in [-0.15, -0.1) is 0 Å². The molecule has 2 aliphatic rings. The molecule has 4 heteroatoms. The minimum Gasteiger partial charge on any atom is -1.00 e. The van der Waals surface area contributed by atoms with Crippen molar-refractivity contribution in [2.24, 2.45) is 5.92 Å². The Balaban J connectivity index is 0.000001000. The Kier molecular flexibility index (Phi) is 5.47. The van der Waals surface area contributed by atoms with Gasteiger partial charge in [0.15, 0.2) is 0 Å². The SMILES string of the molecule is CC1=C(C)[C]2([Ti+2][c]3[nH]ccc3C)C(=C1C)CC2C.[Cl-].[Cl-]. The van der Waals surface area contributed by atoms with Crippen LogP contribution in [0.1, 0.15) is 39.7 Å². The standard InChI is InChI=1S/C11H15.C5H6N.2ClH.Ti/c1-6-5-10-8(3)7(2)9(4)11(6)10;1-5-2-3-6-4-5;;;/h6H,5H2,1-4H3;2-3,6H,1H3;2*1H;/q;;;;+2/p-2. The van der Waals surface area contributed by atoms with Crippen molar-refractivity contribution in [3.63, 3.8) is 0 Å². The second-order valence-electron chi connectivity index (χ2n) is 5.93. The third-order valence-corrected chi connectivity index (χ3v) is 8.85. The largest absolute Gasteiger partial charge is 1.00 e. The van der Waals surface area contributed by atoms with Gasteiger partial charge in [-0.2, -0.15) is 0 Å². The van der Waals surface area contributed by atoms with Crippen molar-refractivity contribution in [3.8, 4) is 0 Å². The molecule has 2 aliphatic carbocycles. The van der Waals surface area contributed by atoms with Crippen LogP contribution in [0.25, 0.3) is 0 Å². The van der Waals surface area contributed by atoms with Crippen LogP contribution in [0.2, 0.25) is 3.72 Å². The predicted molar refractivity (Wildman–Crippen MR) is 72.7 cm³/mol. The van der Waals surface area contributed by atoms with E-state index in [0.29, 0.717) is 3.72 Å². The van der Waals surface area contributed by atoms with E-state index in [1.54, 1.807) is 26.3 Å². The number of hydrogen-bond acceptors (Lipinski definition) is 0. The van der Waals surface area contributed by atoms with Gasteiger partial charge in [-0.3, -0.25) is 0 Å². The van der Waals surface area contributed by atoms with E-state index in [1.165, 1.54) is 12.0 Å². The van der Waals surface area contributed by atoms with Crippen LogP contribution in [0.3, 0.4) is 0 Å². The number of H-pyrrole nitrogens is 1. The van der Waals surface area contributed by atoms with Crippen LogP contribution >= 0.6 is 0 Å². The predicted octanol–water partition coefficient (Wildman–Crippen LogP) is -2.10. The molecular weight excluding hydrogens is 325 g/mol. The summed E-state index contributed by atoms with van der Waals surface area (Å²) in [6, 6.07) is 2.22. The number of aromatic nitrogens is 1. The summed E-state index contributed by atoms with van der Waals surface area (Å²) in [6.07, 6.45) is 3.43. The zero-order valence-corrected chi connectivity index (χ0v) is 15.8. The molecule has 1 heterocycles. The van der Waals surface area contributed by atoms with Crippen molar-refractivity contribution in [1.29, 1.82) is 0 Å². The Labute approximate surface area is 143 Å². The van der Waals surface area contributed by atoms with Gasteiger partial charge in [0, 0.05) is 0 Å². The van der Waals surface area contributed by atoms with Gasteiger partial charge in [-0.25, -0.2) is 0 Å². The Morgan fingerprint density at radius 3 is 2.25 bits per heavy atom. The molecule has 108 valence electrons. The molecule has 0 radical (unpaired) electrons. The van der Waals surface area contributed by atoms with E-state index in [9.17, 15) is 0 Å². The summed E-state index contributed by atoms with van der Waals surface area (Å²) in [6.45, 7) is 11.7. The molecule has 2 atom stereocenters. The van der Waals surface area contributed by atoms with E-state index in [2.05, 4.69) is 51.9 Å². The summed E-state index contributed by atoms with van der Waals surface area (Å²) in [5.41, 5.74) is 8.06. The van der Waals surface area contributed by atoms with Gasteiger partial charge in [0.05, 0.1) is 0 Å². The summed E-state index contributed by atoms with van der Waals surface area (Å²) in [4.78, 5) is 3.49. The molecule has 0 aromatic carbocycles. The first-order valence-electron chi connectivity index (χ1n) is 6.79. The molecule has 0 spiro atoms. The van der Waals surface area contributed by atoms with E-state index in [0.717, 1.165) is 5.92 Å². The van der Waals surface area contributed by atoms with Crippen molar-refractivity contribution >= 4 is 4.00 Å². The van der Waals surface area contributed by atoms with Gasteiger partial charge >= 0.3 is 119 Å². The van der Waals surface area contributed by atoms with Crippen molar-refractivity contribution in [3.05, 3.63) is 40.1 Å². The van der Waals surface area contributed by atoms with Crippen LogP contribution in [0.15, 0.2) is 34.6 Å². The fraction of sp³-hybridized carbons (Fsp3) is 0.500. The summed E-state index contributed by atoms with van der Waals surface area (Å²) in [5.74, 6) is 0.836. The Morgan fingerprint density at radius 1 is 1.15 bits per heavy atom. The number of aryl methyl sites for hydroxylation is 1. The average molecular weight is 346 g/mol. The third kappa shape index (κ3) is 2.18. The smallest absolute Gasteiger partial charge is 1.00 e. The fourth-order valence-electron chi connectivity index (χ4n) is 3.71. The monoisotopic (exact) mass is 345 g/mol. The molecule has 0 bridgehead atoms. The molecule has 1 nitrogen and oxygen atoms in total. The first kappa shape index (κ1) is 18.1. The normalized spacial score (nSPS) is 27.4. The zero-order chi connectivity index (χ0) is 13.1. The Bertz CT molecular complexity index is 565. The van der Waals surface area contributed by atoms with Crippen LogP contribution < -0.4 is 28.8 Å². The number of rotatable bonds is 2. The number of allylic oxidation sites excluding steroid dienone is 4. The van der Waals surface area contributed by atoms with Crippen LogP contribution in [0, 0.1) is 12.8 Å². The molecule has 20 heavy (non-hydrogen) atoms. The maximum Gasteiger partial charge on any atom is -1.00 e. The molecule has 1 aromatic heterocycles. The Hall–Kier alpha value is 0.0543. The molecule has 1 saturated carbocycles. The van der Waals surface area contributed by atoms with Gasteiger partial charge in [-0.1, -0.05) is 0 Å². The van der Waals surface area contributed by atoms with E-state index >= 15 is 0 Å². The Morgan fingerprint density at radius 2 is 1.80 bits per heavy atom. The summed E-state index contributed by atoms with van der Waals surface area (Å²) >= 11 is -0.162. The van der Waals surface area contributed by atoms with E-state index < -0.39 is 0 Å². The second-order valence-corrected chi connectivity index (χ2v) is 8.33. The molecule has 3 rings (SSSR count). The summed E-state index contributed by atoms with van der Waals surface area (Å²) < 4.78 is 2.00. The maximum atomic E-state index is 3.49. The minimum atomic E-state index is -0.162. The maximum absolute atomic E-state index is 3.49. The van der Waals surface area contributed by atoms with Crippen molar-refractivity contribution in [2.45, 2.75) is 44.8 Å². The number of halogens is 2. The molecule has 0 aliphatic heterocycles. The van der Waals surface area contributed by atoms with Crippen LogP contribution in [-0.4, -0.2) is 4.98 Å². The first-order chi connectivity index (χ1) is 8.48. The number of nitrogens with one attached hydrogen (secondary N) is 1. The van der Waals surface area contributed by atoms with Crippen molar-refractivity contribution in [1.82, 2.24) is 4.98 Å². The topological polar surface area (TPSA) is 15.8 Å². The van der Waals surface area contributed by atoms with Crippen LogP contribution in [-0.2, 0) is 19.2 Å². The van der Waals surface area contributed by atoms with Gasteiger partial charge in [0.2, 0.25) is 0 Å². The van der Waals surface area contributed by atoms with Gasteiger partial charge in [-0.05, 0) is 0 Å². The van der Waals surface area contributed by atoms with E-state index in [-0.39, 0.29) is 44.0 Å². The third-order valence-electron chi connectivity index (χ3n) is 5.17. The van der Waals surface area contributed by atoms with Crippen molar-refractivity contribution in [2.75, 3.05) is 0 Å². The molecule has 1 N–H and O–H groups in total. The minimum absolute atomic E-state index is 0. The van der Waals surface area contributed by atoms with Crippen LogP contribution in [0.4, 0.5) is 0 Å². The quantitative estimate of drug-likeness (QED) is 0.591. The summed E-state index contributed by atoms with van der Waals surface area (Å²) in [7, 11) is 0. The summed E-state index contributed by atoms with van der Waals surface area (Å²) in [5, 5.41) is 0.